The van der Waals surface area contributed by atoms with Crippen molar-refractivity contribution < 1.29 is 9.53 Å². The Morgan fingerprint density at radius 2 is 2.11 bits per heavy atom. The summed E-state index contributed by atoms with van der Waals surface area (Å²) < 4.78 is 4.73. The monoisotopic (exact) mass is 261 g/mol. The van der Waals surface area contributed by atoms with Crippen molar-refractivity contribution in [2.24, 2.45) is 0 Å². The lowest BCUT2D eigenvalue weighted by Crippen LogP contribution is -2.05. The fourth-order valence-electron chi connectivity index (χ4n) is 1.19. The van der Waals surface area contributed by atoms with E-state index in [1.165, 1.54) is 6.08 Å². The van der Waals surface area contributed by atoms with Gasteiger partial charge in [-0.2, -0.15) is 5.26 Å². The molecule has 0 aliphatic heterocycles. The first-order valence-corrected chi connectivity index (χ1v) is 5.76. The number of carbonyl (C=O) groups excluding carboxylic acids is 1. The normalized spacial score (nSPS) is 11.3. The van der Waals surface area contributed by atoms with E-state index in [0.717, 1.165) is 5.56 Å². The van der Waals surface area contributed by atoms with Gasteiger partial charge >= 0.3 is 5.97 Å². The van der Waals surface area contributed by atoms with Gasteiger partial charge in [-0.25, -0.2) is 4.79 Å². The highest BCUT2D eigenvalue weighted by atomic mass is 35.5. The molecule has 0 amide bonds. The van der Waals surface area contributed by atoms with Gasteiger partial charge in [0.05, 0.1) is 6.61 Å². The number of hydrogen-bond donors (Lipinski definition) is 0. The van der Waals surface area contributed by atoms with Crippen LogP contribution in [0.5, 0.6) is 0 Å². The summed E-state index contributed by atoms with van der Waals surface area (Å²) in [6.45, 7) is 1.94. The van der Waals surface area contributed by atoms with Gasteiger partial charge in [0.15, 0.2) is 0 Å². The largest absolute Gasteiger partial charge is 0.462 e. The maximum Gasteiger partial charge on any atom is 0.348 e. The number of allylic oxidation sites excluding steroid dienone is 2. The molecule has 3 nitrogen and oxygen atoms in total. The molecule has 0 fully saturated rings. The van der Waals surface area contributed by atoms with Crippen LogP contribution in [0.1, 0.15) is 12.5 Å². The molecule has 0 unspecified atom stereocenters. The van der Waals surface area contributed by atoms with Crippen molar-refractivity contribution in [1.29, 1.82) is 5.26 Å². The van der Waals surface area contributed by atoms with Gasteiger partial charge in [-0.05, 0) is 30.7 Å². The molecule has 0 spiro atoms. The topological polar surface area (TPSA) is 50.1 Å². The third-order valence-corrected chi connectivity index (χ3v) is 2.29. The van der Waals surface area contributed by atoms with E-state index in [1.54, 1.807) is 37.3 Å². The number of ether oxygens (including phenoxy) is 1. The lowest BCUT2D eigenvalue weighted by Gasteiger charge is -1.97. The van der Waals surface area contributed by atoms with E-state index < -0.39 is 5.97 Å². The van der Waals surface area contributed by atoms with Gasteiger partial charge in [-0.15, -0.1) is 0 Å². The molecule has 4 heteroatoms. The highest BCUT2D eigenvalue weighted by Gasteiger charge is 2.07. The summed E-state index contributed by atoms with van der Waals surface area (Å²) in [6.07, 6.45) is 4.82. The number of rotatable bonds is 4. The van der Waals surface area contributed by atoms with Crippen molar-refractivity contribution in [1.82, 2.24) is 0 Å². The number of hydrogen-bond acceptors (Lipinski definition) is 3. The lowest BCUT2D eigenvalue weighted by atomic mass is 10.2. The van der Waals surface area contributed by atoms with Crippen molar-refractivity contribution in [3.8, 4) is 6.07 Å². The molecule has 18 heavy (non-hydrogen) atoms. The second-order valence-corrected chi connectivity index (χ2v) is 3.76. The zero-order chi connectivity index (χ0) is 13.4. The third-order valence-electron chi connectivity index (χ3n) is 2.04. The second-order valence-electron chi connectivity index (χ2n) is 3.32. The summed E-state index contributed by atoms with van der Waals surface area (Å²) in [6, 6.07) is 9.00. The Hall–Kier alpha value is -2.05. The maximum atomic E-state index is 11.3. The van der Waals surface area contributed by atoms with E-state index in [9.17, 15) is 4.79 Å². The molecule has 1 rings (SSSR count). The van der Waals surface area contributed by atoms with Crippen LogP contribution in [-0.2, 0) is 9.53 Å². The number of esters is 1. The summed E-state index contributed by atoms with van der Waals surface area (Å²) in [4.78, 5) is 11.3. The highest BCUT2D eigenvalue weighted by Crippen LogP contribution is 2.10. The van der Waals surface area contributed by atoms with Crippen molar-refractivity contribution in [3.63, 3.8) is 0 Å². The Balaban J connectivity index is 2.75. The molecule has 0 aromatic heterocycles. The van der Waals surface area contributed by atoms with Crippen LogP contribution in [0.2, 0.25) is 5.02 Å². The van der Waals surface area contributed by atoms with Gasteiger partial charge in [-0.1, -0.05) is 35.9 Å². The number of halogens is 1. The molecule has 0 radical (unpaired) electrons. The molecule has 0 heterocycles. The SMILES string of the molecule is CCOC(=O)/C(C#N)=C\C=C\c1ccc(Cl)cc1. The molecular formula is C14H12ClNO2. The van der Waals surface area contributed by atoms with Crippen LogP contribution < -0.4 is 0 Å². The first kappa shape index (κ1) is 14.0. The molecule has 92 valence electrons. The average Bonchev–Trinajstić information content (AvgIpc) is 2.37. The Kier molecular flexibility index (Phi) is 5.69. The minimum Gasteiger partial charge on any atom is -0.462 e. The van der Waals surface area contributed by atoms with Crippen molar-refractivity contribution in [2.75, 3.05) is 6.61 Å². The van der Waals surface area contributed by atoms with Crippen LogP contribution in [-0.4, -0.2) is 12.6 Å². The van der Waals surface area contributed by atoms with Crippen molar-refractivity contribution in [2.45, 2.75) is 6.92 Å². The first-order valence-electron chi connectivity index (χ1n) is 5.38. The minimum atomic E-state index is -0.610. The highest BCUT2D eigenvalue weighted by molar-refractivity contribution is 6.30. The molecular weight excluding hydrogens is 250 g/mol. The summed E-state index contributed by atoms with van der Waals surface area (Å²) in [5, 5.41) is 9.45. The van der Waals surface area contributed by atoms with E-state index in [1.807, 2.05) is 12.1 Å². The van der Waals surface area contributed by atoms with E-state index >= 15 is 0 Å². The summed E-state index contributed by atoms with van der Waals surface area (Å²) in [5.74, 6) is -0.610. The molecule has 0 bridgehead atoms. The van der Waals surface area contributed by atoms with Crippen LogP contribution >= 0.6 is 11.6 Å². The van der Waals surface area contributed by atoms with Crippen LogP contribution in [0.25, 0.3) is 6.08 Å². The lowest BCUT2D eigenvalue weighted by molar-refractivity contribution is -0.138. The smallest absolute Gasteiger partial charge is 0.348 e. The third kappa shape index (κ3) is 4.44. The fraction of sp³-hybridized carbons (Fsp3) is 0.143. The van der Waals surface area contributed by atoms with Crippen LogP contribution in [0.3, 0.4) is 0 Å². The molecule has 1 aromatic rings. The number of nitriles is 1. The van der Waals surface area contributed by atoms with Gasteiger partial charge in [0.2, 0.25) is 0 Å². The van der Waals surface area contributed by atoms with Crippen LogP contribution in [0.4, 0.5) is 0 Å². The van der Waals surface area contributed by atoms with Crippen LogP contribution in [0, 0.1) is 11.3 Å². The predicted molar refractivity (Wildman–Crippen MR) is 70.8 cm³/mol. The molecule has 0 aliphatic carbocycles. The predicted octanol–water partition coefficient (Wildman–Crippen LogP) is 3.37. The minimum absolute atomic E-state index is 0.0259. The number of carbonyl (C=O) groups is 1. The van der Waals surface area contributed by atoms with Crippen LogP contribution in [0.15, 0.2) is 42.0 Å². The van der Waals surface area contributed by atoms with Gasteiger partial charge < -0.3 is 4.74 Å². The molecule has 0 aliphatic rings. The maximum absolute atomic E-state index is 11.3. The molecule has 0 saturated heterocycles. The Morgan fingerprint density at radius 1 is 1.44 bits per heavy atom. The Morgan fingerprint density at radius 3 is 2.67 bits per heavy atom. The van der Waals surface area contributed by atoms with Gasteiger partial charge in [0.1, 0.15) is 11.6 Å². The molecule has 0 N–H and O–H groups in total. The summed E-state index contributed by atoms with van der Waals surface area (Å²) in [7, 11) is 0. The van der Waals surface area contributed by atoms with Gasteiger partial charge in [-0.3, -0.25) is 0 Å². The second kappa shape index (κ2) is 7.31. The first-order chi connectivity index (χ1) is 8.67. The van der Waals surface area contributed by atoms with E-state index in [-0.39, 0.29) is 12.2 Å². The molecule has 0 saturated carbocycles. The number of nitrogens with zero attached hydrogens (tertiary/aromatic N) is 1. The zero-order valence-electron chi connectivity index (χ0n) is 9.89. The van der Waals surface area contributed by atoms with E-state index in [0.29, 0.717) is 5.02 Å². The summed E-state index contributed by atoms with van der Waals surface area (Å²) in [5.41, 5.74) is 0.902. The average molecular weight is 262 g/mol. The van der Waals surface area contributed by atoms with E-state index in [4.69, 9.17) is 21.6 Å². The zero-order valence-corrected chi connectivity index (χ0v) is 10.6. The summed E-state index contributed by atoms with van der Waals surface area (Å²) >= 11 is 5.75. The molecule has 1 aromatic carbocycles. The quantitative estimate of drug-likeness (QED) is 0.361. The number of benzene rings is 1. The van der Waals surface area contributed by atoms with Crippen molar-refractivity contribution >= 4 is 23.6 Å². The Labute approximate surface area is 111 Å². The fourth-order valence-corrected chi connectivity index (χ4v) is 1.32. The Bertz CT molecular complexity index is 510. The molecule has 0 atom stereocenters. The van der Waals surface area contributed by atoms with E-state index in [2.05, 4.69) is 0 Å². The van der Waals surface area contributed by atoms with Gasteiger partial charge in [0.25, 0.3) is 0 Å². The standard InChI is InChI=1S/C14H12ClNO2/c1-2-18-14(17)12(10-16)5-3-4-11-6-8-13(15)9-7-11/h3-9H,2H2,1H3/b4-3+,12-5-. The van der Waals surface area contributed by atoms with Crippen molar-refractivity contribution in [3.05, 3.63) is 52.6 Å². The van der Waals surface area contributed by atoms with Gasteiger partial charge in [0, 0.05) is 5.02 Å².